The first-order valence-corrected chi connectivity index (χ1v) is 13.7. The van der Waals surface area contributed by atoms with E-state index in [4.69, 9.17) is 23.2 Å². The van der Waals surface area contributed by atoms with Crippen LogP contribution in [0.3, 0.4) is 0 Å². The summed E-state index contributed by atoms with van der Waals surface area (Å²) in [5.74, 6) is -2.55. The number of alkyl halides is 3. The second-order valence-electron chi connectivity index (χ2n) is 9.59. The van der Waals surface area contributed by atoms with Gasteiger partial charge >= 0.3 is 6.18 Å². The highest BCUT2D eigenvalue weighted by Gasteiger charge is 2.37. The van der Waals surface area contributed by atoms with Crippen LogP contribution in [0.5, 0.6) is 0 Å². The summed E-state index contributed by atoms with van der Waals surface area (Å²) in [6.45, 7) is 3.14. The minimum atomic E-state index is -4.79. The van der Waals surface area contributed by atoms with Gasteiger partial charge in [0.25, 0.3) is 17.6 Å². The zero-order valence-electron chi connectivity index (χ0n) is 23.0. The maximum Gasteiger partial charge on any atom is 0.455 e. The molecular formula is C28H22Cl2F3N9O2. The lowest BCUT2D eigenvalue weighted by Gasteiger charge is -2.18. The minimum absolute atomic E-state index is 0.0792. The molecule has 2 aromatic carbocycles. The third-order valence-corrected chi connectivity index (χ3v) is 6.89. The van der Waals surface area contributed by atoms with Gasteiger partial charge in [0.1, 0.15) is 12.2 Å². The van der Waals surface area contributed by atoms with E-state index in [0.717, 1.165) is 10.2 Å². The first kappa shape index (κ1) is 30.6. The number of aromatic nitrogens is 7. The van der Waals surface area contributed by atoms with Gasteiger partial charge in [-0.15, -0.1) is 10.2 Å². The Kier molecular flexibility index (Phi) is 8.65. The van der Waals surface area contributed by atoms with Crippen LogP contribution in [-0.2, 0) is 12.7 Å². The van der Waals surface area contributed by atoms with Crippen molar-refractivity contribution in [1.82, 2.24) is 40.3 Å². The average molecular weight is 644 g/mol. The number of nitrogens with zero attached hydrogens (tertiary/aromatic N) is 7. The largest absolute Gasteiger partial charge is 0.455 e. The van der Waals surface area contributed by atoms with Crippen molar-refractivity contribution < 1.29 is 22.8 Å². The van der Waals surface area contributed by atoms with E-state index in [1.807, 2.05) is 37.3 Å². The molecule has 44 heavy (non-hydrogen) atoms. The molecule has 0 saturated carbocycles. The highest BCUT2D eigenvalue weighted by Crippen LogP contribution is 2.29. The van der Waals surface area contributed by atoms with Crippen LogP contribution >= 0.6 is 23.2 Å². The Morgan fingerprint density at radius 1 is 1.00 bits per heavy atom. The van der Waals surface area contributed by atoms with E-state index in [2.05, 4.69) is 36.1 Å². The molecule has 0 fully saturated rings. The smallest absolute Gasteiger partial charge is 0.345 e. The molecule has 226 valence electrons. The van der Waals surface area contributed by atoms with Crippen LogP contribution in [0.2, 0.25) is 10.0 Å². The van der Waals surface area contributed by atoms with Gasteiger partial charge in [0.05, 0.1) is 28.0 Å². The van der Waals surface area contributed by atoms with Crippen molar-refractivity contribution in [2.75, 3.05) is 5.32 Å². The summed E-state index contributed by atoms with van der Waals surface area (Å²) >= 11 is 12.6. The number of pyridine rings is 1. The van der Waals surface area contributed by atoms with Crippen LogP contribution in [0.25, 0.3) is 5.82 Å². The van der Waals surface area contributed by atoms with Crippen molar-refractivity contribution in [3.05, 3.63) is 111 Å². The summed E-state index contributed by atoms with van der Waals surface area (Å²) in [5, 5.41) is 20.2. The summed E-state index contributed by atoms with van der Waals surface area (Å²) in [7, 11) is 0. The number of halogens is 5. The summed E-state index contributed by atoms with van der Waals surface area (Å²) < 4.78 is 40.1. The Labute approximate surface area is 258 Å². The number of anilines is 1. The molecule has 0 aliphatic carbocycles. The second-order valence-corrected chi connectivity index (χ2v) is 10.4. The molecule has 0 bridgehead atoms. The molecule has 0 spiro atoms. The zero-order chi connectivity index (χ0) is 31.6. The number of aryl methyl sites for hydroxylation is 1. The Hall–Kier alpha value is -4.82. The molecule has 3 heterocycles. The number of tetrazole rings is 1. The Morgan fingerprint density at radius 3 is 2.43 bits per heavy atom. The van der Waals surface area contributed by atoms with E-state index in [9.17, 15) is 22.8 Å². The summed E-state index contributed by atoms with van der Waals surface area (Å²) in [5.41, 5.74) is 1.68. The van der Waals surface area contributed by atoms with Crippen LogP contribution < -0.4 is 10.6 Å². The number of hydrogen-bond donors (Lipinski definition) is 2. The molecule has 5 aromatic rings. The van der Waals surface area contributed by atoms with E-state index in [0.29, 0.717) is 10.4 Å². The molecular weight excluding hydrogens is 622 g/mol. The predicted molar refractivity (Wildman–Crippen MR) is 155 cm³/mol. The van der Waals surface area contributed by atoms with Gasteiger partial charge in [0.15, 0.2) is 5.82 Å². The maximum absolute atomic E-state index is 13.8. The standard InChI is InChI=1S/C28H22Cl2F3N9O2/c1-15-11-18(29)12-20(25(43)35-16(2)17-7-4-3-5-8-17)23(15)36-26(44)22-13-19(14-41-39-27(37-40-41)28(31,32)33)38-42(22)24-21(30)9-6-10-34-24/h3-13,16H,14H2,1-2H3,(H,35,43)(H,36,44). The van der Waals surface area contributed by atoms with Gasteiger partial charge in [0, 0.05) is 11.2 Å². The Bertz CT molecular complexity index is 1840. The van der Waals surface area contributed by atoms with E-state index in [1.54, 1.807) is 19.1 Å². The lowest BCUT2D eigenvalue weighted by Crippen LogP contribution is -2.28. The topological polar surface area (TPSA) is 133 Å². The molecule has 0 saturated heterocycles. The molecule has 0 radical (unpaired) electrons. The van der Waals surface area contributed by atoms with Gasteiger partial charge in [0.2, 0.25) is 0 Å². The monoisotopic (exact) mass is 643 g/mol. The van der Waals surface area contributed by atoms with Crippen LogP contribution in [0.15, 0.2) is 66.9 Å². The number of hydrogen-bond acceptors (Lipinski definition) is 7. The minimum Gasteiger partial charge on any atom is -0.345 e. The highest BCUT2D eigenvalue weighted by molar-refractivity contribution is 6.32. The van der Waals surface area contributed by atoms with Crippen molar-refractivity contribution in [1.29, 1.82) is 0 Å². The summed E-state index contributed by atoms with van der Waals surface area (Å²) in [6, 6.07) is 16.4. The van der Waals surface area contributed by atoms with Gasteiger partial charge in [-0.3, -0.25) is 9.59 Å². The fourth-order valence-electron chi connectivity index (χ4n) is 4.30. The maximum atomic E-state index is 13.8. The zero-order valence-corrected chi connectivity index (χ0v) is 24.5. The number of rotatable bonds is 8. The van der Waals surface area contributed by atoms with Crippen molar-refractivity contribution in [3.8, 4) is 5.82 Å². The van der Waals surface area contributed by atoms with E-state index >= 15 is 0 Å². The lowest BCUT2D eigenvalue weighted by atomic mass is 10.0. The van der Waals surface area contributed by atoms with E-state index < -0.39 is 23.8 Å². The average Bonchev–Trinajstić information content (AvgIpc) is 3.63. The summed E-state index contributed by atoms with van der Waals surface area (Å²) in [4.78, 5) is 32.1. The van der Waals surface area contributed by atoms with Crippen molar-refractivity contribution in [3.63, 3.8) is 0 Å². The fourth-order valence-corrected chi connectivity index (χ4v) is 4.77. The Balaban J connectivity index is 1.48. The number of carbonyl (C=O) groups excluding carboxylic acids is 2. The van der Waals surface area contributed by atoms with Crippen LogP contribution in [0.1, 0.15) is 56.5 Å². The highest BCUT2D eigenvalue weighted by atomic mass is 35.5. The molecule has 0 aliphatic heterocycles. The van der Waals surface area contributed by atoms with Crippen LogP contribution in [0.4, 0.5) is 18.9 Å². The fraction of sp³-hybridized carbons (Fsp3) is 0.179. The van der Waals surface area contributed by atoms with Crippen molar-refractivity contribution in [2.45, 2.75) is 32.6 Å². The predicted octanol–water partition coefficient (Wildman–Crippen LogP) is 5.68. The van der Waals surface area contributed by atoms with Crippen molar-refractivity contribution in [2.24, 2.45) is 0 Å². The second kappa shape index (κ2) is 12.4. The quantitative estimate of drug-likeness (QED) is 0.222. The van der Waals surface area contributed by atoms with E-state index in [1.165, 1.54) is 24.4 Å². The van der Waals surface area contributed by atoms with Crippen LogP contribution in [0, 0.1) is 6.92 Å². The molecule has 16 heteroatoms. The number of carbonyl (C=O) groups is 2. The Morgan fingerprint density at radius 2 is 1.75 bits per heavy atom. The van der Waals surface area contributed by atoms with Gasteiger partial charge in [-0.25, -0.2) is 9.67 Å². The SMILES string of the molecule is Cc1cc(Cl)cc(C(=O)NC(C)c2ccccc2)c1NC(=O)c1cc(Cn2nnc(C(F)(F)F)n2)nn1-c1ncccc1Cl. The van der Waals surface area contributed by atoms with Gasteiger partial charge in [-0.2, -0.15) is 23.1 Å². The van der Waals surface area contributed by atoms with Gasteiger partial charge < -0.3 is 10.6 Å². The molecule has 5 rings (SSSR count). The van der Waals surface area contributed by atoms with Crippen LogP contribution in [-0.4, -0.2) is 46.8 Å². The number of nitrogens with one attached hydrogen (secondary N) is 2. The summed E-state index contributed by atoms with van der Waals surface area (Å²) in [6.07, 6.45) is -3.36. The van der Waals surface area contributed by atoms with Gasteiger partial charge in [-0.05, 0) is 60.5 Å². The molecule has 1 unspecified atom stereocenters. The molecule has 2 amide bonds. The van der Waals surface area contributed by atoms with E-state index in [-0.39, 0.29) is 51.1 Å². The van der Waals surface area contributed by atoms with Crippen molar-refractivity contribution >= 4 is 40.7 Å². The molecule has 3 aromatic heterocycles. The molecule has 11 nitrogen and oxygen atoms in total. The van der Waals surface area contributed by atoms with Gasteiger partial charge in [-0.1, -0.05) is 53.5 Å². The number of benzene rings is 2. The molecule has 1 atom stereocenters. The number of amides is 2. The first-order chi connectivity index (χ1) is 20.9. The lowest BCUT2D eigenvalue weighted by molar-refractivity contribution is -0.145. The third kappa shape index (κ3) is 6.71. The molecule has 2 N–H and O–H groups in total. The first-order valence-electron chi connectivity index (χ1n) is 12.9. The third-order valence-electron chi connectivity index (χ3n) is 6.37. The molecule has 0 aliphatic rings. The normalized spacial score (nSPS) is 12.2.